The number of rotatable bonds is 11. The van der Waals surface area contributed by atoms with Crippen LogP contribution in [0.4, 0.5) is 0 Å². The van der Waals surface area contributed by atoms with Crippen LogP contribution in [0.25, 0.3) is 0 Å². The number of hydrogen-bond acceptors (Lipinski definition) is 1. The van der Waals surface area contributed by atoms with Crippen LogP contribution in [0.1, 0.15) is 96.8 Å². The molecule has 0 radical (unpaired) electrons. The Labute approximate surface area is 114 Å². The van der Waals surface area contributed by atoms with Gasteiger partial charge in [0.05, 0.1) is 6.10 Å². The molecule has 2 unspecified atom stereocenters. The zero-order chi connectivity index (χ0) is 13.1. The van der Waals surface area contributed by atoms with E-state index < -0.39 is 0 Å². The maximum absolute atomic E-state index is 9.46. The summed E-state index contributed by atoms with van der Waals surface area (Å²) in [6.45, 7) is 2.28. The van der Waals surface area contributed by atoms with E-state index in [4.69, 9.17) is 0 Å². The smallest absolute Gasteiger partial charge is 0.0543 e. The van der Waals surface area contributed by atoms with Gasteiger partial charge in [0.15, 0.2) is 0 Å². The van der Waals surface area contributed by atoms with Crippen LogP contribution in [0.3, 0.4) is 0 Å². The lowest BCUT2D eigenvalue weighted by Crippen LogP contribution is -2.00. The van der Waals surface area contributed by atoms with Crippen molar-refractivity contribution >= 4 is 0 Å². The van der Waals surface area contributed by atoms with Crippen molar-refractivity contribution in [2.75, 3.05) is 0 Å². The van der Waals surface area contributed by atoms with Crippen LogP contribution in [-0.4, -0.2) is 11.2 Å². The summed E-state index contributed by atoms with van der Waals surface area (Å²) in [7, 11) is 0. The molecule has 1 saturated carbocycles. The van der Waals surface area contributed by atoms with E-state index in [1.54, 1.807) is 0 Å². The molecule has 0 amide bonds. The highest BCUT2D eigenvalue weighted by molar-refractivity contribution is 4.74. The fraction of sp³-hybridized carbons (Fsp3) is 1.00. The van der Waals surface area contributed by atoms with Crippen LogP contribution >= 0.6 is 0 Å². The predicted octanol–water partition coefficient (Wildman–Crippen LogP) is 5.46. The van der Waals surface area contributed by atoms with Crippen molar-refractivity contribution in [3.05, 3.63) is 0 Å². The van der Waals surface area contributed by atoms with Crippen molar-refractivity contribution in [1.82, 2.24) is 0 Å². The minimum Gasteiger partial charge on any atom is -0.393 e. The number of unbranched alkanes of at least 4 members (excludes halogenated alkanes) is 9. The van der Waals surface area contributed by atoms with Gasteiger partial charge in [-0.1, -0.05) is 77.6 Å². The zero-order valence-electron chi connectivity index (χ0n) is 12.5. The summed E-state index contributed by atoms with van der Waals surface area (Å²) >= 11 is 0. The summed E-state index contributed by atoms with van der Waals surface area (Å²) in [4.78, 5) is 0. The third-order valence-corrected chi connectivity index (χ3v) is 4.48. The predicted molar refractivity (Wildman–Crippen MR) is 79.8 cm³/mol. The largest absolute Gasteiger partial charge is 0.393 e. The minimum absolute atomic E-state index is 0.0260. The average molecular weight is 254 g/mol. The van der Waals surface area contributed by atoms with E-state index in [1.807, 2.05) is 0 Å². The second-order valence-corrected chi connectivity index (χ2v) is 6.30. The van der Waals surface area contributed by atoms with Crippen molar-refractivity contribution < 1.29 is 5.11 Å². The third kappa shape index (κ3) is 8.13. The highest BCUT2D eigenvalue weighted by Gasteiger charge is 2.21. The second kappa shape index (κ2) is 10.8. The number of hydrogen-bond donors (Lipinski definition) is 1. The molecule has 0 heterocycles. The van der Waals surface area contributed by atoms with Gasteiger partial charge in [-0.3, -0.25) is 0 Å². The van der Waals surface area contributed by atoms with E-state index in [9.17, 15) is 5.11 Å². The first-order chi connectivity index (χ1) is 8.83. The van der Waals surface area contributed by atoms with Crippen molar-refractivity contribution in [3.8, 4) is 0 Å². The van der Waals surface area contributed by atoms with Crippen LogP contribution in [0.5, 0.6) is 0 Å². The average Bonchev–Trinajstić information content (AvgIpc) is 2.77. The van der Waals surface area contributed by atoms with Gasteiger partial charge in [-0.05, 0) is 25.2 Å². The fourth-order valence-electron chi connectivity index (χ4n) is 3.23. The number of aliphatic hydroxyl groups excluding tert-OH is 1. The van der Waals surface area contributed by atoms with Gasteiger partial charge in [-0.15, -0.1) is 0 Å². The van der Waals surface area contributed by atoms with E-state index in [0.717, 1.165) is 18.8 Å². The summed E-state index contributed by atoms with van der Waals surface area (Å²) in [5.74, 6) is 0.842. The van der Waals surface area contributed by atoms with Crippen LogP contribution in [0, 0.1) is 5.92 Å². The summed E-state index contributed by atoms with van der Waals surface area (Å²) in [5, 5.41) is 9.46. The Kier molecular flexibility index (Phi) is 9.65. The maximum Gasteiger partial charge on any atom is 0.0543 e. The van der Waals surface area contributed by atoms with Crippen molar-refractivity contribution in [2.24, 2.45) is 5.92 Å². The van der Waals surface area contributed by atoms with Crippen molar-refractivity contribution in [3.63, 3.8) is 0 Å². The van der Waals surface area contributed by atoms with E-state index >= 15 is 0 Å². The second-order valence-electron chi connectivity index (χ2n) is 6.30. The van der Waals surface area contributed by atoms with E-state index in [2.05, 4.69) is 6.92 Å². The zero-order valence-corrected chi connectivity index (χ0v) is 12.5. The van der Waals surface area contributed by atoms with E-state index in [1.165, 1.54) is 77.0 Å². The molecule has 0 aromatic carbocycles. The molecule has 108 valence electrons. The molecule has 18 heavy (non-hydrogen) atoms. The molecule has 2 atom stereocenters. The van der Waals surface area contributed by atoms with Gasteiger partial charge < -0.3 is 5.11 Å². The van der Waals surface area contributed by atoms with Crippen LogP contribution < -0.4 is 0 Å². The molecular weight excluding hydrogens is 220 g/mol. The summed E-state index contributed by atoms with van der Waals surface area (Å²) in [6, 6.07) is 0. The van der Waals surface area contributed by atoms with Crippen LogP contribution in [0.15, 0.2) is 0 Å². The van der Waals surface area contributed by atoms with E-state index in [-0.39, 0.29) is 6.10 Å². The lowest BCUT2D eigenvalue weighted by molar-refractivity contribution is 0.176. The van der Waals surface area contributed by atoms with Crippen molar-refractivity contribution in [2.45, 2.75) is 103 Å². The van der Waals surface area contributed by atoms with Gasteiger partial charge in [0.1, 0.15) is 0 Å². The van der Waals surface area contributed by atoms with Gasteiger partial charge in [0.25, 0.3) is 0 Å². The van der Waals surface area contributed by atoms with Crippen LogP contribution in [0.2, 0.25) is 0 Å². The molecule has 0 aromatic rings. The Hall–Kier alpha value is -0.0400. The van der Waals surface area contributed by atoms with Gasteiger partial charge >= 0.3 is 0 Å². The van der Waals surface area contributed by atoms with Gasteiger partial charge in [0, 0.05) is 0 Å². The summed E-state index contributed by atoms with van der Waals surface area (Å²) < 4.78 is 0. The lowest BCUT2D eigenvalue weighted by atomic mass is 9.98. The molecule has 0 saturated heterocycles. The standard InChI is InChI=1S/C17H34O/c1-2-3-4-5-6-7-8-9-10-11-12-16-13-14-17(18)15-16/h16-18H,2-15H2,1H3. The van der Waals surface area contributed by atoms with Gasteiger partial charge in [-0.25, -0.2) is 0 Å². The normalized spacial score (nSPS) is 23.7. The molecule has 1 N–H and O–H groups in total. The van der Waals surface area contributed by atoms with Crippen molar-refractivity contribution in [1.29, 1.82) is 0 Å². The lowest BCUT2D eigenvalue weighted by Gasteiger charge is -2.08. The molecule has 1 aliphatic rings. The summed E-state index contributed by atoms with van der Waals surface area (Å²) in [5.41, 5.74) is 0. The Balaban J connectivity index is 1.73. The first-order valence-corrected chi connectivity index (χ1v) is 8.51. The molecule has 1 nitrogen and oxygen atoms in total. The molecular formula is C17H34O. The fourth-order valence-corrected chi connectivity index (χ4v) is 3.23. The van der Waals surface area contributed by atoms with Gasteiger partial charge in [-0.2, -0.15) is 0 Å². The molecule has 0 aromatic heterocycles. The summed E-state index contributed by atoms with van der Waals surface area (Å²) in [6.07, 6.45) is 19.1. The molecule has 0 bridgehead atoms. The SMILES string of the molecule is CCCCCCCCCCCCC1CCC(O)C1. The Morgan fingerprint density at radius 2 is 1.33 bits per heavy atom. The third-order valence-electron chi connectivity index (χ3n) is 4.48. The molecule has 1 aliphatic carbocycles. The Morgan fingerprint density at radius 1 is 0.778 bits per heavy atom. The first kappa shape index (κ1) is 16.0. The Morgan fingerprint density at radius 3 is 1.83 bits per heavy atom. The molecule has 1 fully saturated rings. The highest BCUT2D eigenvalue weighted by atomic mass is 16.3. The molecule has 0 spiro atoms. The van der Waals surface area contributed by atoms with Gasteiger partial charge in [0.2, 0.25) is 0 Å². The molecule has 1 heteroatoms. The number of aliphatic hydroxyl groups is 1. The van der Waals surface area contributed by atoms with Crippen LogP contribution in [-0.2, 0) is 0 Å². The quantitative estimate of drug-likeness (QED) is 0.485. The topological polar surface area (TPSA) is 20.2 Å². The molecule has 0 aliphatic heterocycles. The monoisotopic (exact) mass is 254 g/mol. The maximum atomic E-state index is 9.46. The highest BCUT2D eigenvalue weighted by Crippen LogP contribution is 2.29. The minimum atomic E-state index is 0.0260. The Bertz CT molecular complexity index is 178. The molecule has 1 rings (SSSR count). The van der Waals surface area contributed by atoms with E-state index in [0.29, 0.717) is 0 Å². The first-order valence-electron chi connectivity index (χ1n) is 8.51.